The van der Waals surface area contributed by atoms with E-state index in [2.05, 4.69) is 110 Å². The lowest BCUT2D eigenvalue weighted by Gasteiger charge is -2.25. The van der Waals surface area contributed by atoms with E-state index in [0.29, 0.717) is 17.9 Å². The zero-order valence-electron chi connectivity index (χ0n) is 17.8. The average molecular weight is 374 g/mol. The lowest BCUT2D eigenvalue weighted by Crippen LogP contribution is -2.27. The Morgan fingerprint density at radius 2 is 1.00 bits per heavy atom. The first kappa shape index (κ1) is 21.9. The summed E-state index contributed by atoms with van der Waals surface area (Å²) in [5, 5.41) is 3.81. The molecule has 148 valence electrons. The van der Waals surface area contributed by atoms with Crippen LogP contribution in [-0.2, 0) is 0 Å². The Morgan fingerprint density at radius 1 is 0.607 bits per heavy atom. The summed E-state index contributed by atoms with van der Waals surface area (Å²) in [6.45, 7) is 9.57. The van der Waals surface area contributed by atoms with Crippen LogP contribution in [0.5, 0.6) is 0 Å². The van der Waals surface area contributed by atoms with Gasteiger partial charge in [0.2, 0.25) is 0 Å². The van der Waals surface area contributed by atoms with Crippen LogP contribution in [-0.4, -0.2) is 6.54 Å². The lowest BCUT2D eigenvalue weighted by molar-refractivity contribution is 0.405. The second-order valence-corrected chi connectivity index (χ2v) is 7.25. The number of benzene rings is 3. The van der Waals surface area contributed by atoms with Gasteiger partial charge in [0.1, 0.15) is 0 Å². The van der Waals surface area contributed by atoms with Crippen molar-refractivity contribution < 1.29 is 0 Å². The molecule has 0 radical (unpaired) electrons. The van der Waals surface area contributed by atoms with Gasteiger partial charge >= 0.3 is 0 Å². The van der Waals surface area contributed by atoms with Gasteiger partial charge < -0.3 is 5.32 Å². The van der Waals surface area contributed by atoms with E-state index >= 15 is 0 Å². The van der Waals surface area contributed by atoms with Gasteiger partial charge in [0, 0.05) is 12.0 Å². The number of hydrogen-bond acceptors (Lipinski definition) is 1. The summed E-state index contributed by atoms with van der Waals surface area (Å²) >= 11 is 0. The summed E-state index contributed by atoms with van der Waals surface area (Å²) in [5.41, 5.74) is 4.15. The van der Waals surface area contributed by atoms with Crippen LogP contribution in [0, 0.1) is 5.92 Å². The third kappa shape index (κ3) is 6.35. The fourth-order valence-corrected chi connectivity index (χ4v) is 3.68. The van der Waals surface area contributed by atoms with E-state index in [1.165, 1.54) is 16.7 Å². The largest absolute Gasteiger partial charge is 0.310 e. The van der Waals surface area contributed by atoms with Gasteiger partial charge in [-0.15, -0.1) is 0 Å². The van der Waals surface area contributed by atoms with Crippen LogP contribution < -0.4 is 5.32 Å². The minimum absolute atomic E-state index is 0.392. The molecule has 0 saturated carbocycles. The van der Waals surface area contributed by atoms with Crippen molar-refractivity contribution >= 4 is 0 Å². The van der Waals surface area contributed by atoms with Crippen LogP contribution in [0.1, 0.15) is 62.8 Å². The first-order chi connectivity index (χ1) is 13.8. The van der Waals surface area contributed by atoms with Crippen molar-refractivity contribution in [1.29, 1.82) is 0 Å². The molecule has 0 aromatic heterocycles. The molecule has 1 unspecified atom stereocenters. The van der Waals surface area contributed by atoms with Crippen LogP contribution in [0.3, 0.4) is 0 Å². The first-order valence-electron chi connectivity index (χ1n) is 10.6. The van der Waals surface area contributed by atoms with Crippen molar-refractivity contribution in [2.75, 3.05) is 6.54 Å². The van der Waals surface area contributed by atoms with Crippen LogP contribution in [0.4, 0.5) is 0 Å². The molecular formula is C27H35N. The highest BCUT2D eigenvalue weighted by molar-refractivity contribution is 5.32. The summed E-state index contributed by atoms with van der Waals surface area (Å²) in [7, 11) is 0. The molecule has 0 saturated heterocycles. The molecule has 0 amide bonds. The summed E-state index contributed by atoms with van der Waals surface area (Å²) in [5.74, 6) is 0.984. The van der Waals surface area contributed by atoms with Gasteiger partial charge in [-0.2, -0.15) is 0 Å². The number of rotatable bonds is 8. The van der Waals surface area contributed by atoms with E-state index in [1.54, 1.807) is 0 Å². The SMILES string of the molecule is CC.CC(C)C(NCCC(c1ccccc1)c1ccccc1)c1ccccc1. The monoisotopic (exact) mass is 373 g/mol. The van der Waals surface area contributed by atoms with Gasteiger partial charge in [-0.05, 0) is 35.6 Å². The maximum absolute atomic E-state index is 3.81. The molecule has 3 aromatic rings. The highest BCUT2D eigenvalue weighted by Crippen LogP contribution is 2.28. The van der Waals surface area contributed by atoms with Crippen LogP contribution in [0.2, 0.25) is 0 Å². The van der Waals surface area contributed by atoms with Gasteiger partial charge in [0.05, 0.1) is 0 Å². The topological polar surface area (TPSA) is 12.0 Å². The third-order valence-corrected chi connectivity index (χ3v) is 5.03. The minimum Gasteiger partial charge on any atom is -0.310 e. The first-order valence-corrected chi connectivity index (χ1v) is 10.6. The molecule has 0 aliphatic carbocycles. The van der Waals surface area contributed by atoms with Crippen LogP contribution >= 0.6 is 0 Å². The fraction of sp³-hybridized carbons (Fsp3) is 0.333. The third-order valence-electron chi connectivity index (χ3n) is 5.03. The maximum atomic E-state index is 3.81. The summed E-state index contributed by atoms with van der Waals surface area (Å²) in [4.78, 5) is 0. The van der Waals surface area contributed by atoms with E-state index in [4.69, 9.17) is 0 Å². The quantitative estimate of drug-likeness (QED) is 0.439. The summed E-state index contributed by atoms with van der Waals surface area (Å²) in [6.07, 6.45) is 1.09. The van der Waals surface area contributed by atoms with Gasteiger partial charge in [-0.3, -0.25) is 0 Å². The van der Waals surface area contributed by atoms with Crippen LogP contribution in [0.15, 0.2) is 91.0 Å². The second-order valence-electron chi connectivity index (χ2n) is 7.25. The van der Waals surface area contributed by atoms with E-state index < -0.39 is 0 Å². The summed E-state index contributed by atoms with van der Waals surface area (Å²) < 4.78 is 0. The van der Waals surface area contributed by atoms with E-state index in [-0.39, 0.29) is 0 Å². The van der Waals surface area contributed by atoms with Crippen LogP contribution in [0.25, 0.3) is 0 Å². The normalized spacial score (nSPS) is 11.8. The maximum Gasteiger partial charge on any atom is 0.0343 e. The molecule has 0 aliphatic rings. The molecule has 0 spiro atoms. The smallest absolute Gasteiger partial charge is 0.0343 e. The zero-order chi connectivity index (χ0) is 20.2. The highest BCUT2D eigenvalue weighted by atomic mass is 14.9. The predicted molar refractivity (Wildman–Crippen MR) is 123 cm³/mol. The van der Waals surface area contributed by atoms with E-state index in [1.807, 2.05) is 13.8 Å². The van der Waals surface area contributed by atoms with Crippen molar-refractivity contribution in [2.24, 2.45) is 5.92 Å². The Balaban J connectivity index is 0.00000136. The molecule has 0 fully saturated rings. The Morgan fingerprint density at radius 3 is 1.39 bits per heavy atom. The molecule has 3 rings (SSSR count). The van der Waals surface area contributed by atoms with E-state index in [9.17, 15) is 0 Å². The van der Waals surface area contributed by atoms with Gasteiger partial charge in [-0.25, -0.2) is 0 Å². The number of hydrogen-bond donors (Lipinski definition) is 1. The molecular weight excluding hydrogens is 338 g/mol. The van der Waals surface area contributed by atoms with Gasteiger partial charge in [0.15, 0.2) is 0 Å². The second kappa shape index (κ2) is 12.2. The summed E-state index contributed by atoms with van der Waals surface area (Å²) in [6, 6.07) is 32.9. The standard InChI is InChI=1S/C25H29N.C2H6/c1-20(2)25(23-16-10-5-11-17-23)26-19-18-24(21-12-6-3-7-13-21)22-14-8-4-9-15-22;1-2/h3-17,20,24-26H,18-19H2,1-2H3;1-2H3. The average Bonchev–Trinajstić information content (AvgIpc) is 2.77. The highest BCUT2D eigenvalue weighted by Gasteiger charge is 2.17. The zero-order valence-corrected chi connectivity index (χ0v) is 17.8. The molecule has 1 atom stereocenters. The molecule has 1 nitrogen and oxygen atoms in total. The Labute approximate surface area is 171 Å². The molecule has 0 aliphatic heterocycles. The Hall–Kier alpha value is -2.38. The van der Waals surface area contributed by atoms with Crippen molar-refractivity contribution in [2.45, 2.75) is 46.1 Å². The number of nitrogens with one attached hydrogen (secondary N) is 1. The molecule has 1 heteroatoms. The van der Waals surface area contributed by atoms with E-state index in [0.717, 1.165) is 13.0 Å². The van der Waals surface area contributed by atoms with Crippen molar-refractivity contribution in [1.82, 2.24) is 5.32 Å². The van der Waals surface area contributed by atoms with Gasteiger partial charge in [-0.1, -0.05) is 119 Å². The predicted octanol–water partition coefficient (Wildman–Crippen LogP) is 7.22. The molecule has 0 heterocycles. The molecule has 3 aromatic carbocycles. The molecule has 1 N–H and O–H groups in total. The Kier molecular flexibility index (Phi) is 9.51. The van der Waals surface area contributed by atoms with Crippen molar-refractivity contribution in [3.63, 3.8) is 0 Å². The lowest BCUT2D eigenvalue weighted by atomic mass is 9.88. The minimum atomic E-state index is 0.392. The molecule has 28 heavy (non-hydrogen) atoms. The van der Waals surface area contributed by atoms with Crippen molar-refractivity contribution in [3.05, 3.63) is 108 Å². The Bertz CT molecular complexity index is 711. The fourth-order valence-electron chi connectivity index (χ4n) is 3.68. The van der Waals surface area contributed by atoms with Crippen molar-refractivity contribution in [3.8, 4) is 0 Å². The van der Waals surface area contributed by atoms with Gasteiger partial charge in [0.25, 0.3) is 0 Å². The molecule has 0 bridgehead atoms.